The third kappa shape index (κ3) is 2.97. The van der Waals surface area contributed by atoms with Gasteiger partial charge in [0.2, 0.25) is 0 Å². The van der Waals surface area contributed by atoms with Gasteiger partial charge in [-0.2, -0.15) is 0 Å². The standard InChI is InChI=1S/C14H18N4O2S/c19-13(20)14(6-2-1-3-7-14)10-18-12(15-16-17-18)9-11-5-4-8-21-11/h4-5,8H,1-3,6-7,9-10H2,(H,19,20). The van der Waals surface area contributed by atoms with E-state index in [2.05, 4.69) is 15.5 Å². The molecule has 0 atom stereocenters. The summed E-state index contributed by atoms with van der Waals surface area (Å²) in [6.07, 6.45) is 5.12. The molecule has 0 radical (unpaired) electrons. The van der Waals surface area contributed by atoms with Crippen LogP contribution in [0.3, 0.4) is 0 Å². The Morgan fingerprint density at radius 3 is 2.86 bits per heavy atom. The lowest BCUT2D eigenvalue weighted by atomic mass is 9.74. The van der Waals surface area contributed by atoms with Gasteiger partial charge in [-0.25, -0.2) is 4.68 Å². The molecule has 112 valence electrons. The first-order chi connectivity index (χ1) is 10.2. The predicted octanol–water partition coefficient (Wildman–Crippen LogP) is 2.36. The van der Waals surface area contributed by atoms with Gasteiger partial charge in [0.15, 0.2) is 5.82 Å². The van der Waals surface area contributed by atoms with Crippen molar-refractivity contribution >= 4 is 17.3 Å². The summed E-state index contributed by atoms with van der Waals surface area (Å²) in [5.74, 6) is 0.0171. The van der Waals surface area contributed by atoms with Crippen LogP contribution >= 0.6 is 11.3 Å². The molecular formula is C14H18N4O2S. The molecule has 0 aromatic carbocycles. The molecule has 3 rings (SSSR count). The van der Waals surface area contributed by atoms with E-state index < -0.39 is 11.4 Å². The lowest BCUT2D eigenvalue weighted by Crippen LogP contribution is -2.38. The number of thiophene rings is 1. The minimum Gasteiger partial charge on any atom is -0.481 e. The zero-order chi connectivity index (χ0) is 14.7. The van der Waals surface area contributed by atoms with Crippen LogP contribution in [0.25, 0.3) is 0 Å². The third-order valence-electron chi connectivity index (χ3n) is 4.24. The van der Waals surface area contributed by atoms with Gasteiger partial charge in [0.25, 0.3) is 0 Å². The molecule has 1 aliphatic carbocycles. The second-order valence-corrected chi connectivity index (χ2v) is 6.69. The first-order valence-electron chi connectivity index (χ1n) is 7.20. The number of nitrogens with zero attached hydrogens (tertiary/aromatic N) is 4. The Morgan fingerprint density at radius 2 is 2.19 bits per heavy atom. The monoisotopic (exact) mass is 306 g/mol. The molecule has 2 heterocycles. The Balaban J connectivity index is 1.80. The molecule has 2 aromatic heterocycles. The summed E-state index contributed by atoms with van der Waals surface area (Å²) in [6, 6.07) is 4.03. The van der Waals surface area contributed by atoms with Crippen LogP contribution in [0.15, 0.2) is 17.5 Å². The summed E-state index contributed by atoms with van der Waals surface area (Å²) in [5.41, 5.74) is -0.710. The van der Waals surface area contributed by atoms with Crippen LogP contribution in [0, 0.1) is 5.41 Å². The molecule has 21 heavy (non-hydrogen) atoms. The van der Waals surface area contributed by atoms with Gasteiger partial charge in [-0.1, -0.05) is 25.3 Å². The fourth-order valence-corrected chi connectivity index (χ4v) is 3.70. The Labute approximate surface area is 126 Å². The van der Waals surface area contributed by atoms with Crippen LogP contribution in [0.1, 0.15) is 42.8 Å². The Morgan fingerprint density at radius 1 is 1.38 bits per heavy atom. The molecule has 1 saturated carbocycles. The average molecular weight is 306 g/mol. The summed E-state index contributed by atoms with van der Waals surface area (Å²) in [5, 5.41) is 23.5. The predicted molar refractivity (Wildman–Crippen MR) is 78.1 cm³/mol. The van der Waals surface area contributed by atoms with Gasteiger partial charge in [-0.15, -0.1) is 16.4 Å². The van der Waals surface area contributed by atoms with E-state index >= 15 is 0 Å². The number of hydrogen-bond acceptors (Lipinski definition) is 5. The normalized spacial score (nSPS) is 17.7. The maximum Gasteiger partial charge on any atom is 0.311 e. The Hall–Kier alpha value is -1.76. The SMILES string of the molecule is O=C(O)C1(Cn2nnnc2Cc2cccs2)CCCCC1. The quantitative estimate of drug-likeness (QED) is 0.917. The minimum absolute atomic E-state index is 0.371. The zero-order valence-corrected chi connectivity index (χ0v) is 12.6. The molecule has 1 fully saturated rings. The third-order valence-corrected chi connectivity index (χ3v) is 5.11. The highest BCUT2D eigenvalue weighted by Gasteiger charge is 2.40. The molecule has 6 nitrogen and oxygen atoms in total. The van der Waals surface area contributed by atoms with Crippen molar-refractivity contribution < 1.29 is 9.90 Å². The second-order valence-electron chi connectivity index (χ2n) is 5.66. The summed E-state index contributed by atoms with van der Waals surface area (Å²) < 4.78 is 1.68. The van der Waals surface area contributed by atoms with Crippen molar-refractivity contribution in [2.24, 2.45) is 5.41 Å². The van der Waals surface area contributed by atoms with E-state index in [4.69, 9.17) is 0 Å². The Bertz CT molecular complexity index is 602. The average Bonchev–Trinajstić information content (AvgIpc) is 3.13. The number of carboxylic acid groups (broad SMARTS) is 1. The summed E-state index contributed by atoms with van der Waals surface area (Å²) in [6.45, 7) is 0.371. The van der Waals surface area contributed by atoms with Crippen LogP contribution < -0.4 is 0 Å². The molecular weight excluding hydrogens is 288 g/mol. The molecule has 1 aliphatic rings. The molecule has 2 aromatic rings. The van der Waals surface area contributed by atoms with E-state index in [0.29, 0.717) is 25.8 Å². The molecule has 0 bridgehead atoms. The van der Waals surface area contributed by atoms with Gasteiger partial charge in [-0.3, -0.25) is 4.79 Å². The molecule has 7 heteroatoms. The van der Waals surface area contributed by atoms with Gasteiger partial charge in [0.05, 0.1) is 12.0 Å². The van der Waals surface area contributed by atoms with E-state index in [9.17, 15) is 9.90 Å². The molecule has 0 amide bonds. The number of carboxylic acids is 1. The minimum atomic E-state index is -0.722. The molecule has 0 spiro atoms. The van der Waals surface area contributed by atoms with Crippen LogP contribution in [0.5, 0.6) is 0 Å². The van der Waals surface area contributed by atoms with Gasteiger partial charge < -0.3 is 5.11 Å². The molecule has 1 N–H and O–H groups in total. The lowest BCUT2D eigenvalue weighted by molar-refractivity contribution is -0.152. The molecule has 0 unspecified atom stereocenters. The number of aliphatic carboxylic acids is 1. The van der Waals surface area contributed by atoms with Crippen molar-refractivity contribution in [3.8, 4) is 0 Å². The Kier molecular flexibility index (Phi) is 4.01. The van der Waals surface area contributed by atoms with Crippen LogP contribution in [-0.2, 0) is 17.8 Å². The largest absolute Gasteiger partial charge is 0.481 e. The first kappa shape index (κ1) is 14.2. The maximum atomic E-state index is 11.8. The lowest BCUT2D eigenvalue weighted by Gasteiger charge is -2.32. The number of tetrazole rings is 1. The van der Waals surface area contributed by atoms with Crippen molar-refractivity contribution in [2.75, 3.05) is 0 Å². The van der Waals surface area contributed by atoms with Crippen molar-refractivity contribution in [1.82, 2.24) is 20.2 Å². The van der Waals surface area contributed by atoms with E-state index in [1.165, 1.54) is 4.88 Å². The summed E-state index contributed by atoms with van der Waals surface area (Å²) in [4.78, 5) is 12.9. The maximum absolute atomic E-state index is 11.8. The van der Waals surface area contributed by atoms with E-state index in [-0.39, 0.29) is 0 Å². The van der Waals surface area contributed by atoms with Crippen LogP contribution in [0.4, 0.5) is 0 Å². The zero-order valence-electron chi connectivity index (χ0n) is 11.7. The van der Waals surface area contributed by atoms with Gasteiger partial charge >= 0.3 is 5.97 Å². The number of aromatic nitrogens is 4. The van der Waals surface area contributed by atoms with E-state index in [1.807, 2.05) is 17.5 Å². The highest BCUT2D eigenvalue weighted by Crippen LogP contribution is 2.38. The number of rotatable bonds is 5. The van der Waals surface area contributed by atoms with Gasteiger partial charge in [-0.05, 0) is 34.7 Å². The highest BCUT2D eigenvalue weighted by atomic mass is 32.1. The van der Waals surface area contributed by atoms with Crippen molar-refractivity contribution in [2.45, 2.75) is 45.1 Å². The molecule has 0 saturated heterocycles. The second kappa shape index (κ2) is 5.93. The fraction of sp³-hybridized carbons (Fsp3) is 0.571. The number of hydrogen-bond donors (Lipinski definition) is 1. The topological polar surface area (TPSA) is 80.9 Å². The van der Waals surface area contributed by atoms with Crippen molar-refractivity contribution in [3.05, 3.63) is 28.2 Å². The summed E-state index contributed by atoms with van der Waals surface area (Å²) >= 11 is 1.66. The van der Waals surface area contributed by atoms with Crippen LogP contribution in [0.2, 0.25) is 0 Å². The van der Waals surface area contributed by atoms with Gasteiger partial charge in [0.1, 0.15) is 0 Å². The molecule has 0 aliphatic heterocycles. The van der Waals surface area contributed by atoms with E-state index in [0.717, 1.165) is 25.1 Å². The van der Waals surface area contributed by atoms with Gasteiger partial charge in [0, 0.05) is 11.3 Å². The van der Waals surface area contributed by atoms with E-state index in [1.54, 1.807) is 16.0 Å². The van der Waals surface area contributed by atoms with Crippen molar-refractivity contribution in [3.63, 3.8) is 0 Å². The fourth-order valence-electron chi connectivity index (χ4n) is 3.00. The summed E-state index contributed by atoms with van der Waals surface area (Å²) in [7, 11) is 0. The first-order valence-corrected chi connectivity index (χ1v) is 8.08. The highest BCUT2D eigenvalue weighted by molar-refractivity contribution is 7.09. The number of carbonyl (C=O) groups is 1. The smallest absolute Gasteiger partial charge is 0.311 e. The van der Waals surface area contributed by atoms with Crippen molar-refractivity contribution in [1.29, 1.82) is 0 Å². The van der Waals surface area contributed by atoms with Crippen LogP contribution in [-0.4, -0.2) is 31.3 Å².